The Morgan fingerprint density at radius 1 is 1.11 bits per heavy atom. The van der Waals surface area contributed by atoms with Crippen molar-refractivity contribution in [2.75, 3.05) is 23.6 Å². The summed E-state index contributed by atoms with van der Waals surface area (Å²) in [7, 11) is -3.06. The molecule has 182 valence electrons. The minimum Gasteiger partial charge on any atom is -0.454 e. The van der Waals surface area contributed by atoms with Crippen LogP contribution in [0.15, 0.2) is 42.5 Å². The summed E-state index contributed by atoms with van der Waals surface area (Å²) in [5.74, 6) is 1.54. The zero-order valence-corrected chi connectivity index (χ0v) is 20.3. The number of anilines is 1. The highest BCUT2D eigenvalue weighted by molar-refractivity contribution is 7.91. The van der Waals surface area contributed by atoms with Crippen molar-refractivity contribution < 1.29 is 22.7 Å². The number of ether oxygens (including phenoxy) is 2. The Labute approximate surface area is 203 Å². The molecular formula is C25H26N4O5S. The summed E-state index contributed by atoms with van der Waals surface area (Å²) in [5, 5.41) is 8.29. The molecule has 35 heavy (non-hydrogen) atoms. The second-order valence-electron chi connectivity index (χ2n) is 9.30. The number of hydrogen-bond acceptors (Lipinski definition) is 7. The Hall–Kier alpha value is -3.53. The summed E-state index contributed by atoms with van der Waals surface area (Å²) < 4.78 is 37.0. The van der Waals surface area contributed by atoms with Crippen molar-refractivity contribution >= 4 is 21.4 Å². The molecule has 1 fully saturated rings. The van der Waals surface area contributed by atoms with Gasteiger partial charge in [-0.05, 0) is 50.1 Å². The Kier molecular flexibility index (Phi) is 5.03. The van der Waals surface area contributed by atoms with Crippen LogP contribution in [-0.4, -0.2) is 47.3 Å². The monoisotopic (exact) mass is 494 g/mol. The number of carbonyl (C=O) groups is 1. The van der Waals surface area contributed by atoms with E-state index in [1.807, 2.05) is 61.0 Å². The molecule has 0 bridgehead atoms. The smallest absolute Gasteiger partial charge is 0.258 e. The van der Waals surface area contributed by atoms with Crippen LogP contribution in [0.25, 0.3) is 0 Å². The zero-order valence-electron chi connectivity index (χ0n) is 19.5. The number of sulfone groups is 1. The molecule has 2 atom stereocenters. The third-order valence-electron chi connectivity index (χ3n) is 7.02. The Morgan fingerprint density at radius 3 is 2.71 bits per heavy atom. The van der Waals surface area contributed by atoms with Crippen molar-refractivity contribution in [3.8, 4) is 11.5 Å². The van der Waals surface area contributed by atoms with E-state index in [-0.39, 0.29) is 30.2 Å². The van der Waals surface area contributed by atoms with Gasteiger partial charge in [-0.25, -0.2) is 8.42 Å². The number of aromatic nitrogens is 2. The van der Waals surface area contributed by atoms with Gasteiger partial charge in [-0.15, -0.1) is 0 Å². The fourth-order valence-corrected chi connectivity index (χ4v) is 7.01. The second kappa shape index (κ2) is 8.01. The van der Waals surface area contributed by atoms with Gasteiger partial charge in [0.25, 0.3) is 5.91 Å². The van der Waals surface area contributed by atoms with E-state index < -0.39 is 16.0 Å². The first-order valence-electron chi connectivity index (χ1n) is 11.6. The SMILES string of the molecule is Cc1nn([C@H]2CCS(=O)(=O)C2)c(C)c1[C@H]1Nc2ccccc2C(=O)N1Cc1ccc2c(c1)OCO2. The molecule has 0 radical (unpaired) electrons. The Bertz CT molecular complexity index is 1450. The van der Waals surface area contributed by atoms with E-state index in [4.69, 9.17) is 14.6 Å². The van der Waals surface area contributed by atoms with Crippen LogP contribution in [0.4, 0.5) is 5.69 Å². The second-order valence-corrected chi connectivity index (χ2v) is 11.5. The molecule has 4 heterocycles. The third-order valence-corrected chi connectivity index (χ3v) is 8.77. The molecule has 3 aromatic rings. The lowest BCUT2D eigenvalue weighted by Crippen LogP contribution is -2.42. The van der Waals surface area contributed by atoms with Crippen molar-refractivity contribution in [1.29, 1.82) is 0 Å². The molecule has 1 aromatic heterocycles. The van der Waals surface area contributed by atoms with Gasteiger partial charge in [-0.1, -0.05) is 18.2 Å². The van der Waals surface area contributed by atoms with Crippen LogP contribution < -0.4 is 14.8 Å². The molecule has 6 rings (SSSR count). The molecule has 1 saturated heterocycles. The molecule has 10 heteroatoms. The molecule has 0 aliphatic carbocycles. The predicted molar refractivity (Wildman–Crippen MR) is 129 cm³/mol. The number of amides is 1. The van der Waals surface area contributed by atoms with Crippen LogP contribution in [0.5, 0.6) is 11.5 Å². The summed E-state index contributed by atoms with van der Waals surface area (Å²) >= 11 is 0. The largest absolute Gasteiger partial charge is 0.454 e. The van der Waals surface area contributed by atoms with Gasteiger partial charge >= 0.3 is 0 Å². The summed E-state index contributed by atoms with van der Waals surface area (Å²) in [4.78, 5) is 15.5. The van der Waals surface area contributed by atoms with Crippen LogP contribution in [0.3, 0.4) is 0 Å². The van der Waals surface area contributed by atoms with Gasteiger partial charge in [0.1, 0.15) is 6.17 Å². The summed E-state index contributed by atoms with van der Waals surface area (Å²) in [6.07, 6.45) is 0.0828. The summed E-state index contributed by atoms with van der Waals surface area (Å²) in [5.41, 5.74) is 4.81. The third kappa shape index (κ3) is 3.72. The van der Waals surface area contributed by atoms with Crippen LogP contribution in [-0.2, 0) is 16.4 Å². The maximum atomic E-state index is 13.7. The van der Waals surface area contributed by atoms with E-state index in [9.17, 15) is 13.2 Å². The predicted octanol–water partition coefficient (Wildman–Crippen LogP) is 3.35. The van der Waals surface area contributed by atoms with Crippen LogP contribution in [0.1, 0.15) is 51.5 Å². The number of nitrogens with one attached hydrogen (secondary N) is 1. The maximum absolute atomic E-state index is 13.7. The van der Waals surface area contributed by atoms with E-state index >= 15 is 0 Å². The number of rotatable bonds is 4. The number of carbonyl (C=O) groups excluding carboxylic acids is 1. The zero-order chi connectivity index (χ0) is 24.3. The van der Waals surface area contributed by atoms with Crippen molar-refractivity contribution in [2.24, 2.45) is 0 Å². The topological polar surface area (TPSA) is 103 Å². The number of benzene rings is 2. The number of para-hydroxylation sites is 1. The highest BCUT2D eigenvalue weighted by Gasteiger charge is 2.38. The Balaban J connectivity index is 1.41. The first-order valence-corrected chi connectivity index (χ1v) is 13.4. The molecule has 0 spiro atoms. The average Bonchev–Trinajstić information content (AvgIpc) is 3.52. The van der Waals surface area contributed by atoms with Gasteiger partial charge in [0.15, 0.2) is 21.3 Å². The lowest BCUT2D eigenvalue weighted by molar-refractivity contribution is 0.0665. The first-order chi connectivity index (χ1) is 16.8. The standard InChI is InChI=1S/C25H26N4O5S/c1-15-23(16(2)29(27-15)18-9-10-35(31,32)13-18)24-26-20-6-4-3-5-19(20)25(30)28(24)12-17-7-8-21-22(11-17)34-14-33-21/h3-8,11,18,24,26H,9-10,12-14H2,1-2H3/t18-,24-/m0/s1. The molecular weight excluding hydrogens is 468 g/mol. The van der Waals surface area contributed by atoms with Gasteiger partial charge in [0.05, 0.1) is 28.8 Å². The molecule has 3 aliphatic heterocycles. The molecule has 1 N–H and O–H groups in total. The van der Waals surface area contributed by atoms with Gasteiger partial charge in [-0.2, -0.15) is 5.10 Å². The van der Waals surface area contributed by atoms with Crippen LogP contribution in [0.2, 0.25) is 0 Å². The molecule has 0 unspecified atom stereocenters. The van der Waals surface area contributed by atoms with Crippen LogP contribution >= 0.6 is 0 Å². The molecule has 9 nitrogen and oxygen atoms in total. The molecule has 1 amide bonds. The highest BCUT2D eigenvalue weighted by Crippen LogP contribution is 2.39. The number of aryl methyl sites for hydroxylation is 1. The highest BCUT2D eigenvalue weighted by atomic mass is 32.2. The summed E-state index contributed by atoms with van der Waals surface area (Å²) in [6.45, 7) is 4.40. The van der Waals surface area contributed by atoms with Crippen molar-refractivity contribution in [1.82, 2.24) is 14.7 Å². The molecule has 3 aliphatic rings. The number of hydrogen-bond donors (Lipinski definition) is 1. The lowest BCUT2D eigenvalue weighted by atomic mass is 10.0. The number of nitrogens with zero attached hydrogens (tertiary/aromatic N) is 3. The first kappa shape index (κ1) is 22.0. The maximum Gasteiger partial charge on any atom is 0.258 e. The van der Waals surface area contributed by atoms with E-state index in [0.717, 1.165) is 28.2 Å². The quantitative estimate of drug-likeness (QED) is 0.593. The Morgan fingerprint density at radius 2 is 1.91 bits per heavy atom. The van der Waals surface area contributed by atoms with E-state index in [2.05, 4.69) is 5.32 Å². The van der Waals surface area contributed by atoms with Gasteiger partial charge in [0, 0.05) is 23.5 Å². The normalized spacial score (nSPS) is 22.2. The summed E-state index contributed by atoms with van der Waals surface area (Å²) in [6, 6.07) is 13.0. The minimum absolute atomic E-state index is 0.0861. The molecule has 0 saturated carbocycles. The van der Waals surface area contributed by atoms with Gasteiger partial charge in [0.2, 0.25) is 6.79 Å². The van der Waals surface area contributed by atoms with E-state index in [1.54, 1.807) is 4.90 Å². The van der Waals surface area contributed by atoms with Crippen molar-refractivity contribution in [2.45, 2.75) is 39.0 Å². The van der Waals surface area contributed by atoms with Crippen molar-refractivity contribution in [3.63, 3.8) is 0 Å². The van der Waals surface area contributed by atoms with Crippen molar-refractivity contribution in [3.05, 3.63) is 70.5 Å². The van der Waals surface area contributed by atoms with Gasteiger partial charge in [-0.3, -0.25) is 9.48 Å². The minimum atomic E-state index is -3.06. The average molecular weight is 495 g/mol. The van der Waals surface area contributed by atoms with Gasteiger partial charge < -0.3 is 19.7 Å². The van der Waals surface area contributed by atoms with E-state index in [0.29, 0.717) is 30.0 Å². The lowest BCUT2D eigenvalue weighted by Gasteiger charge is -2.38. The van der Waals surface area contributed by atoms with E-state index in [1.165, 1.54) is 0 Å². The molecule has 2 aromatic carbocycles. The van der Waals surface area contributed by atoms with Crippen LogP contribution in [0, 0.1) is 13.8 Å². The fourth-order valence-electron chi connectivity index (χ4n) is 5.31. The fraction of sp³-hybridized carbons (Fsp3) is 0.360. The number of fused-ring (bicyclic) bond motifs is 2.